The van der Waals surface area contributed by atoms with Gasteiger partial charge in [-0.25, -0.2) is 0 Å². The van der Waals surface area contributed by atoms with E-state index in [2.05, 4.69) is 61.4 Å². The van der Waals surface area contributed by atoms with Crippen LogP contribution >= 0.6 is 0 Å². The van der Waals surface area contributed by atoms with E-state index in [1.54, 1.807) is 32.9 Å². The summed E-state index contributed by atoms with van der Waals surface area (Å²) < 4.78 is 269. The Morgan fingerprint density at radius 2 is 0.464 bits per heavy atom. The van der Waals surface area contributed by atoms with Gasteiger partial charge < -0.3 is 49.7 Å². The first-order chi connectivity index (χ1) is 57.7. The number of nitrogen functional groups attached to an aromatic ring is 6. The Hall–Kier alpha value is -13.5. The number of phenolic OH excluding ortho intramolecular Hbond substituents is 3. The molecule has 0 unspecified atom stereocenters. The SMILES string of the molecule is Cc1ccc(N=Nc2c(C)cc3cc(S(=O)(=O)O)c(N=Nc4cc(N)ccc4S(=O)(=O)O)c(N)c3c2O)c(S(=O)(=O)O)c1.Cc1ccc(N=Nc2c(C)cc3cc(S(=O)(=O)O)c(N=Nc4ccc(N)cc4S(=O)(=O)O)c(N)c3c2O)c(S(=O)(=O)O)c1.Cc1ccc(N=Nc2c(C)cc3cc(S(=O)(=O)O)c(N=Nc4ccc(N)cc4S(=O)(=O)O)c(N)c3c2O)cc1. The van der Waals surface area contributed by atoms with Crippen LogP contribution in [0.1, 0.15) is 33.4 Å². The number of hydrogen-bond donors (Lipinski definition) is 17. The number of nitrogens with zero attached hydrogens (tertiary/aromatic N) is 12. The van der Waals surface area contributed by atoms with Crippen LogP contribution in [-0.4, -0.2) is 119 Å². The van der Waals surface area contributed by atoms with E-state index in [0.717, 1.165) is 78.4 Å². The molecule has 0 saturated carbocycles. The zero-order valence-corrected chi connectivity index (χ0v) is 71.0. The fraction of sp³-hybridized carbons (Fsp3) is 0.0833. The van der Waals surface area contributed by atoms with Crippen LogP contribution < -0.4 is 34.4 Å². The second-order valence-electron chi connectivity index (χ2n) is 26.8. The summed E-state index contributed by atoms with van der Waals surface area (Å²) in [6.07, 6.45) is 0. The molecule has 0 saturated heterocycles. The summed E-state index contributed by atoms with van der Waals surface area (Å²) in [6.45, 7) is 9.61. The van der Waals surface area contributed by atoms with Crippen LogP contribution in [0.5, 0.6) is 17.2 Å². The van der Waals surface area contributed by atoms with Crippen molar-refractivity contribution in [2.45, 2.75) is 80.7 Å². The normalized spacial score (nSPS) is 12.8. The van der Waals surface area contributed by atoms with Crippen LogP contribution in [0.4, 0.5) is 102 Å². The van der Waals surface area contributed by atoms with E-state index in [-0.39, 0.29) is 88.9 Å². The number of nitrogens with two attached hydrogens (primary N) is 6. The minimum absolute atomic E-state index is 0.00176. The van der Waals surface area contributed by atoms with E-state index < -0.39 is 189 Å². The number of aryl methyl sites for hydroxylation is 6. The first-order valence-corrected chi connectivity index (χ1v) is 45.8. The van der Waals surface area contributed by atoms with Crippen molar-refractivity contribution in [3.63, 3.8) is 0 Å². The molecule has 0 atom stereocenters. The van der Waals surface area contributed by atoms with E-state index in [4.69, 9.17) is 34.4 Å². The molecule has 45 nitrogen and oxygen atoms in total. The first kappa shape index (κ1) is 93.8. The van der Waals surface area contributed by atoms with Crippen LogP contribution in [0.25, 0.3) is 32.3 Å². The molecule has 0 amide bonds. The van der Waals surface area contributed by atoms with Crippen LogP contribution in [0.15, 0.2) is 252 Å². The number of fused-ring (bicyclic) bond motifs is 3. The Bertz CT molecular complexity index is 7780. The molecule has 0 aliphatic carbocycles. The minimum Gasteiger partial charge on any atom is -0.505 e. The van der Waals surface area contributed by atoms with Crippen molar-refractivity contribution in [1.82, 2.24) is 0 Å². The number of azo groups is 6. The van der Waals surface area contributed by atoms with Gasteiger partial charge in [-0.1, -0.05) is 29.8 Å². The van der Waals surface area contributed by atoms with Crippen molar-refractivity contribution in [2.75, 3.05) is 34.4 Å². The van der Waals surface area contributed by atoms with Crippen molar-refractivity contribution in [1.29, 1.82) is 0 Å². The molecule has 0 fully saturated rings. The minimum atomic E-state index is -5.03. The van der Waals surface area contributed by atoms with Gasteiger partial charge >= 0.3 is 0 Å². The zero-order chi connectivity index (χ0) is 92.8. The molecular formula is C72H66N18O27S8. The summed E-state index contributed by atoms with van der Waals surface area (Å²) in [5.41, 5.74) is 33.0. The van der Waals surface area contributed by atoms with E-state index in [1.807, 2.05) is 19.1 Å². The largest absolute Gasteiger partial charge is 0.505 e. The number of benzene rings is 12. The molecule has 0 aliphatic heterocycles. The standard InChI is InChI=1S/2C24H22N6O10S3.C24H22N6O7S2/c1-11-3-5-15(18(7-11)42(35,36)37)27-29-22-12(2)8-13-9-19(43(38,39)40)23(21(26)20(13)24(22)31)30-28-16-10-14(25)4-6-17(16)41(32,33)34;1-11-3-5-15(17(7-11)41(32,33)34)27-29-22-12(2)8-13-9-19(43(38,39)40)23(21(26)20(13)24(22)31)30-28-16-6-4-14(25)10-18(16)42(35,36)37;1-12-3-6-16(7-4-12)27-29-22-13(2)9-14-10-19(39(35,36)37)23(21(26)20(14)24(22)31)30-28-17-8-5-15(25)11-18(17)38(32,33)34/h2*3-10,31H,25-26H2,1-2H3,(H,32,33,34)(H,35,36,37)(H,38,39,40);3-11,31H,25-26H2,1-2H3,(H,32,33,34)(H,35,36,37). The lowest BCUT2D eigenvalue weighted by molar-refractivity contribution is 0.480. The highest BCUT2D eigenvalue weighted by atomic mass is 32.2. The molecule has 0 aliphatic rings. The Morgan fingerprint density at radius 1 is 0.224 bits per heavy atom. The molecule has 12 aromatic rings. The fourth-order valence-corrected chi connectivity index (χ4v) is 17.2. The summed E-state index contributed by atoms with van der Waals surface area (Å²) in [5.74, 6) is -1.75. The summed E-state index contributed by atoms with van der Waals surface area (Å²) in [7, 11) is -38.8. The second-order valence-corrected chi connectivity index (χ2v) is 38.0. The molecule has 12 aromatic carbocycles. The van der Waals surface area contributed by atoms with Gasteiger partial charge in [0.05, 0.1) is 38.9 Å². The molecule has 0 heterocycles. The molecule has 125 heavy (non-hydrogen) atoms. The van der Waals surface area contributed by atoms with Crippen LogP contribution in [0, 0.1) is 41.5 Å². The van der Waals surface area contributed by atoms with E-state index in [1.165, 1.54) is 68.4 Å². The lowest BCUT2D eigenvalue weighted by Crippen LogP contribution is -2.02. The van der Waals surface area contributed by atoms with Crippen molar-refractivity contribution >= 4 is 216 Å². The van der Waals surface area contributed by atoms with E-state index in [0.29, 0.717) is 22.4 Å². The Morgan fingerprint density at radius 3 is 0.760 bits per heavy atom. The molecular weight excluding hydrogens is 1810 g/mol. The van der Waals surface area contributed by atoms with Crippen molar-refractivity contribution < 1.29 is 119 Å². The third-order valence-electron chi connectivity index (χ3n) is 17.6. The molecule has 0 spiro atoms. The summed E-state index contributed by atoms with van der Waals surface area (Å²) in [5, 5.41) is 79.1. The molecule has 12 rings (SSSR count). The Balaban J connectivity index is 0.000000196. The number of aromatic hydroxyl groups is 3. The topological polar surface area (TPSA) is 800 Å². The number of anilines is 6. The van der Waals surface area contributed by atoms with Crippen LogP contribution in [0.2, 0.25) is 0 Å². The molecule has 654 valence electrons. The monoisotopic (exact) mass is 1870 g/mol. The van der Waals surface area contributed by atoms with Gasteiger partial charge in [-0.2, -0.15) is 72.5 Å². The van der Waals surface area contributed by atoms with Crippen molar-refractivity contribution in [3.05, 3.63) is 185 Å². The predicted octanol–water partition coefficient (Wildman–Crippen LogP) is 15.4. The third-order valence-corrected chi connectivity index (χ3v) is 24.6. The van der Waals surface area contributed by atoms with Gasteiger partial charge in [-0.3, -0.25) is 36.4 Å². The molecule has 0 bridgehead atoms. The average Bonchev–Trinajstić information content (AvgIpc) is 0.753. The second kappa shape index (κ2) is 35.0. The summed E-state index contributed by atoms with van der Waals surface area (Å²) in [4.78, 5) is -5.73. The maximum atomic E-state index is 12.3. The van der Waals surface area contributed by atoms with E-state index in [9.17, 15) is 119 Å². The third kappa shape index (κ3) is 21.2. The quantitative estimate of drug-likeness (QED) is 0.0191. The molecule has 0 aromatic heterocycles. The van der Waals surface area contributed by atoms with Gasteiger partial charge in [-0.15, -0.1) is 56.3 Å². The number of hydrogen-bond acceptors (Lipinski definition) is 37. The highest BCUT2D eigenvalue weighted by Gasteiger charge is 2.31. The lowest BCUT2D eigenvalue weighted by atomic mass is 10.0. The van der Waals surface area contributed by atoms with Crippen molar-refractivity contribution in [3.8, 4) is 17.2 Å². The summed E-state index contributed by atoms with van der Waals surface area (Å²) in [6, 6.07) is 31.7. The number of phenols is 3. The van der Waals surface area contributed by atoms with Gasteiger partial charge in [0.25, 0.3) is 80.9 Å². The van der Waals surface area contributed by atoms with Gasteiger partial charge in [0, 0.05) is 17.1 Å². The molecule has 53 heteroatoms. The highest BCUT2D eigenvalue weighted by Crippen LogP contribution is 2.52. The maximum absolute atomic E-state index is 12.3. The van der Waals surface area contributed by atoms with Crippen LogP contribution in [0.3, 0.4) is 0 Å². The maximum Gasteiger partial charge on any atom is 0.296 e. The average molecular weight is 1870 g/mol. The highest BCUT2D eigenvalue weighted by molar-refractivity contribution is 7.87. The Labute approximate surface area is 708 Å². The number of rotatable bonds is 20. The zero-order valence-electron chi connectivity index (χ0n) is 64.5. The molecule has 0 radical (unpaired) electrons. The molecule has 23 N–H and O–H groups in total. The van der Waals surface area contributed by atoms with Gasteiger partial charge in [-0.05, 0) is 213 Å². The smallest absolute Gasteiger partial charge is 0.296 e. The summed E-state index contributed by atoms with van der Waals surface area (Å²) >= 11 is 0. The fourth-order valence-electron chi connectivity index (χ4n) is 11.8. The van der Waals surface area contributed by atoms with Crippen LogP contribution in [-0.2, 0) is 80.9 Å². The Kier molecular flexibility index (Phi) is 26.3. The van der Waals surface area contributed by atoms with E-state index >= 15 is 0 Å². The first-order valence-electron chi connectivity index (χ1n) is 34.3. The van der Waals surface area contributed by atoms with Gasteiger partial charge in [0.2, 0.25) is 0 Å². The van der Waals surface area contributed by atoms with Gasteiger partial charge in [0.1, 0.15) is 102 Å². The van der Waals surface area contributed by atoms with Gasteiger partial charge in [0.15, 0.2) is 17.2 Å². The lowest BCUT2D eigenvalue weighted by Gasteiger charge is -2.14. The van der Waals surface area contributed by atoms with Crippen molar-refractivity contribution in [2.24, 2.45) is 61.4 Å². The predicted molar refractivity (Wildman–Crippen MR) is 454 cm³/mol.